The molecule has 0 radical (unpaired) electrons. The van der Waals surface area contributed by atoms with E-state index in [1.807, 2.05) is 0 Å². The highest BCUT2D eigenvalue weighted by atomic mass is 32.1. The van der Waals surface area contributed by atoms with E-state index in [1.165, 1.54) is 17.5 Å². The van der Waals surface area contributed by atoms with Crippen molar-refractivity contribution in [2.24, 2.45) is 0 Å². The average molecular weight is 276 g/mol. The van der Waals surface area contributed by atoms with Gasteiger partial charge in [-0.1, -0.05) is 4.49 Å². The molecule has 4 nitrogen and oxygen atoms in total. The fourth-order valence-corrected chi connectivity index (χ4v) is 2.79. The van der Waals surface area contributed by atoms with Crippen molar-refractivity contribution >= 4 is 33.2 Å². The summed E-state index contributed by atoms with van der Waals surface area (Å²) >= 11 is 1.62. The fourth-order valence-electron chi connectivity index (χ4n) is 1.47. The first-order valence-corrected chi connectivity index (χ1v) is 6.03. The zero-order valence-electron chi connectivity index (χ0n) is 7.95. The van der Waals surface area contributed by atoms with Gasteiger partial charge in [-0.3, -0.25) is 0 Å². The number of thiazole rings is 1. The molecule has 3 aromatic heterocycles. The molecule has 0 atom stereocenters. The van der Waals surface area contributed by atoms with Gasteiger partial charge in [-0.2, -0.15) is 13.2 Å². The molecule has 0 saturated heterocycles. The van der Waals surface area contributed by atoms with Gasteiger partial charge in [0, 0.05) is 11.8 Å². The molecule has 0 aromatic carbocycles. The minimum Gasteiger partial charge on any atom is -0.345 e. The van der Waals surface area contributed by atoms with Gasteiger partial charge in [0.2, 0.25) is 0 Å². The zero-order chi connectivity index (χ0) is 12.0. The highest BCUT2D eigenvalue weighted by molar-refractivity contribution is 7.17. The Morgan fingerprint density at radius 3 is 2.88 bits per heavy atom. The van der Waals surface area contributed by atoms with Crippen molar-refractivity contribution in [3.05, 3.63) is 16.6 Å². The van der Waals surface area contributed by atoms with E-state index in [1.54, 1.807) is 5.51 Å². The third kappa shape index (κ3) is 1.62. The summed E-state index contributed by atoms with van der Waals surface area (Å²) in [6.07, 6.45) is -2.96. The van der Waals surface area contributed by atoms with Crippen LogP contribution in [0, 0.1) is 0 Å². The van der Waals surface area contributed by atoms with Gasteiger partial charge in [0.25, 0.3) is 0 Å². The molecule has 0 bridgehead atoms. The summed E-state index contributed by atoms with van der Waals surface area (Å²) in [5.41, 5.74) is 2.38. The lowest BCUT2D eigenvalue weighted by Gasteiger charge is -2.03. The molecule has 0 fully saturated rings. The van der Waals surface area contributed by atoms with Crippen molar-refractivity contribution in [3.63, 3.8) is 0 Å². The van der Waals surface area contributed by atoms with Crippen molar-refractivity contribution in [2.75, 3.05) is 0 Å². The summed E-state index contributed by atoms with van der Waals surface area (Å²) in [4.78, 5) is 6.00. The van der Waals surface area contributed by atoms with Crippen LogP contribution < -0.4 is 0 Å². The van der Waals surface area contributed by atoms with E-state index in [-0.39, 0.29) is 5.69 Å². The number of fused-ring (bicyclic) bond motifs is 1. The molecule has 3 heterocycles. The maximum absolute atomic E-state index is 12.7. The highest BCUT2D eigenvalue weighted by Gasteiger charge is 2.38. The minimum absolute atomic E-state index is 0.141. The number of aromatic amines is 1. The second kappa shape index (κ2) is 3.50. The molecular formula is C8H3F3N4S2. The standard InChI is InChI=1S/C8H3F3N4S2/c9-8(10,11)6-4(14-15-17-6)3-1-12-7-5(3)16-2-13-7/h1-2,12H. The Labute approximate surface area is 100 Å². The molecule has 1 N–H and O–H groups in total. The Kier molecular flexibility index (Phi) is 2.20. The predicted molar refractivity (Wildman–Crippen MR) is 57.9 cm³/mol. The van der Waals surface area contributed by atoms with Crippen molar-refractivity contribution in [1.82, 2.24) is 19.6 Å². The molecule has 0 spiro atoms. The first kappa shape index (κ1) is 10.7. The Hall–Kier alpha value is -1.48. The largest absolute Gasteiger partial charge is 0.429 e. The highest BCUT2D eigenvalue weighted by Crippen LogP contribution is 2.40. The van der Waals surface area contributed by atoms with E-state index in [0.29, 0.717) is 27.4 Å². The van der Waals surface area contributed by atoms with Crippen LogP contribution in [-0.4, -0.2) is 19.6 Å². The molecule has 0 saturated carbocycles. The molecule has 0 aliphatic heterocycles. The van der Waals surface area contributed by atoms with E-state index in [4.69, 9.17) is 0 Å². The van der Waals surface area contributed by atoms with Crippen LogP contribution in [0.2, 0.25) is 0 Å². The van der Waals surface area contributed by atoms with E-state index >= 15 is 0 Å². The molecule has 3 rings (SSSR count). The van der Waals surface area contributed by atoms with Gasteiger partial charge >= 0.3 is 6.18 Å². The minimum atomic E-state index is -4.43. The van der Waals surface area contributed by atoms with Crippen LogP contribution in [-0.2, 0) is 6.18 Å². The number of nitrogens with one attached hydrogen (secondary N) is 1. The Morgan fingerprint density at radius 1 is 1.29 bits per heavy atom. The summed E-state index contributed by atoms with van der Waals surface area (Å²) < 4.78 is 42.2. The van der Waals surface area contributed by atoms with Crippen molar-refractivity contribution in [3.8, 4) is 11.3 Å². The molecule has 0 unspecified atom stereocenters. The number of nitrogens with zero attached hydrogens (tertiary/aromatic N) is 3. The number of H-pyrrole nitrogens is 1. The molecule has 3 aromatic rings. The lowest BCUT2D eigenvalue weighted by atomic mass is 10.2. The quantitative estimate of drug-likeness (QED) is 0.742. The topological polar surface area (TPSA) is 54.5 Å². The number of halogens is 3. The third-order valence-electron chi connectivity index (χ3n) is 2.17. The van der Waals surface area contributed by atoms with Crippen molar-refractivity contribution in [2.45, 2.75) is 6.18 Å². The van der Waals surface area contributed by atoms with Crippen LogP contribution in [0.5, 0.6) is 0 Å². The van der Waals surface area contributed by atoms with Crippen LogP contribution in [0.3, 0.4) is 0 Å². The second-order valence-electron chi connectivity index (χ2n) is 3.18. The van der Waals surface area contributed by atoms with Crippen LogP contribution in [0.15, 0.2) is 11.7 Å². The van der Waals surface area contributed by atoms with Gasteiger partial charge in [-0.25, -0.2) is 4.98 Å². The lowest BCUT2D eigenvalue weighted by Crippen LogP contribution is -2.03. The Morgan fingerprint density at radius 2 is 2.12 bits per heavy atom. The maximum Gasteiger partial charge on any atom is 0.429 e. The maximum atomic E-state index is 12.7. The number of aromatic nitrogens is 4. The van der Waals surface area contributed by atoms with E-state index in [2.05, 4.69) is 19.6 Å². The smallest absolute Gasteiger partial charge is 0.345 e. The Bertz CT molecular complexity index is 665. The number of rotatable bonds is 1. The zero-order valence-corrected chi connectivity index (χ0v) is 9.58. The summed E-state index contributed by atoms with van der Waals surface area (Å²) in [6.45, 7) is 0. The monoisotopic (exact) mass is 276 g/mol. The van der Waals surface area contributed by atoms with Gasteiger partial charge in [-0.15, -0.1) is 16.4 Å². The third-order valence-corrected chi connectivity index (χ3v) is 3.80. The predicted octanol–water partition coefficient (Wildman–Crippen LogP) is 3.16. The summed E-state index contributed by atoms with van der Waals surface area (Å²) in [5, 5.41) is 3.56. The lowest BCUT2D eigenvalue weighted by molar-refractivity contribution is -0.134. The van der Waals surface area contributed by atoms with Gasteiger partial charge < -0.3 is 4.98 Å². The van der Waals surface area contributed by atoms with E-state index in [0.717, 1.165) is 0 Å². The molecule has 0 amide bonds. The number of alkyl halides is 3. The molecular weight excluding hydrogens is 273 g/mol. The summed E-state index contributed by atoms with van der Waals surface area (Å²) in [6, 6.07) is 0. The average Bonchev–Trinajstić information content (AvgIpc) is 2.90. The molecule has 0 aliphatic rings. The van der Waals surface area contributed by atoms with E-state index < -0.39 is 11.1 Å². The van der Waals surface area contributed by atoms with Gasteiger partial charge in [0.05, 0.1) is 10.2 Å². The molecule has 88 valence electrons. The fraction of sp³-hybridized carbons (Fsp3) is 0.125. The second-order valence-corrected chi connectivity index (χ2v) is 4.79. The number of hydrogen-bond acceptors (Lipinski definition) is 5. The van der Waals surface area contributed by atoms with E-state index in [9.17, 15) is 13.2 Å². The summed E-state index contributed by atoms with van der Waals surface area (Å²) in [5.74, 6) is 0. The SMILES string of the molecule is FC(F)(F)c1snnc1-c1c[nH]c2ncsc12. The van der Waals surface area contributed by atoms with Gasteiger partial charge in [-0.05, 0) is 11.5 Å². The van der Waals surface area contributed by atoms with Crippen molar-refractivity contribution in [1.29, 1.82) is 0 Å². The van der Waals surface area contributed by atoms with Crippen LogP contribution in [0.25, 0.3) is 21.6 Å². The molecule has 0 aliphatic carbocycles. The summed E-state index contributed by atoms with van der Waals surface area (Å²) in [7, 11) is 0. The Balaban J connectivity index is 2.24. The van der Waals surface area contributed by atoms with Crippen LogP contribution in [0.4, 0.5) is 13.2 Å². The number of hydrogen-bond donors (Lipinski definition) is 1. The van der Waals surface area contributed by atoms with Gasteiger partial charge in [0.15, 0.2) is 4.88 Å². The first-order valence-electron chi connectivity index (χ1n) is 4.38. The van der Waals surface area contributed by atoms with Gasteiger partial charge in [0.1, 0.15) is 11.3 Å². The normalized spacial score (nSPS) is 12.4. The van der Waals surface area contributed by atoms with Crippen LogP contribution in [0.1, 0.15) is 4.88 Å². The van der Waals surface area contributed by atoms with Crippen LogP contribution >= 0.6 is 22.9 Å². The molecule has 9 heteroatoms. The first-order chi connectivity index (χ1) is 8.07. The molecule has 17 heavy (non-hydrogen) atoms. The van der Waals surface area contributed by atoms with Crippen molar-refractivity contribution < 1.29 is 13.2 Å².